The summed E-state index contributed by atoms with van der Waals surface area (Å²) in [5, 5.41) is 14.3. The van der Waals surface area contributed by atoms with Gasteiger partial charge in [0.15, 0.2) is 5.84 Å². The summed E-state index contributed by atoms with van der Waals surface area (Å²) in [5.41, 5.74) is 5.56. The number of carbonyl (C=O) groups is 2. The first-order valence-electron chi connectivity index (χ1n) is 6.56. The van der Waals surface area contributed by atoms with Crippen molar-refractivity contribution in [1.29, 1.82) is 0 Å². The molecule has 7 heteroatoms. The van der Waals surface area contributed by atoms with Gasteiger partial charge in [-0.05, 0) is 26.0 Å². The number of amidine groups is 1. The highest BCUT2D eigenvalue weighted by Gasteiger charge is 2.40. The van der Waals surface area contributed by atoms with Gasteiger partial charge in [0.1, 0.15) is 5.54 Å². The lowest BCUT2D eigenvalue weighted by atomic mass is 9.97. The molecular weight excluding hydrogens is 272 g/mol. The third kappa shape index (κ3) is 2.67. The average Bonchev–Trinajstić information content (AvgIpc) is 2.48. The molecule has 1 fully saturated rings. The van der Waals surface area contributed by atoms with Crippen LogP contribution < -0.4 is 11.1 Å². The Morgan fingerprint density at radius 3 is 2.48 bits per heavy atom. The van der Waals surface area contributed by atoms with E-state index in [1.165, 1.54) is 0 Å². The summed E-state index contributed by atoms with van der Waals surface area (Å²) < 4.78 is 0. The highest BCUT2D eigenvalue weighted by Crippen LogP contribution is 2.20. The molecule has 21 heavy (non-hydrogen) atoms. The lowest BCUT2D eigenvalue weighted by molar-refractivity contribution is -0.133. The number of amides is 2. The molecule has 1 aromatic rings. The molecule has 1 aromatic carbocycles. The van der Waals surface area contributed by atoms with Crippen LogP contribution in [0.4, 0.5) is 0 Å². The molecule has 0 aromatic heterocycles. The van der Waals surface area contributed by atoms with Crippen molar-refractivity contribution >= 4 is 17.6 Å². The molecule has 1 aliphatic rings. The molecule has 1 saturated heterocycles. The van der Waals surface area contributed by atoms with Crippen LogP contribution in [0.5, 0.6) is 0 Å². The Kier molecular flexibility index (Phi) is 3.84. The van der Waals surface area contributed by atoms with E-state index in [-0.39, 0.29) is 17.6 Å². The van der Waals surface area contributed by atoms with Crippen LogP contribution in [0.3, 0.4) is 0 Å². The summed E-state index contributed by atoms with van der Waals surface area (Å²) in [6.45, 7) is 4.32. The standard InChI is InChI=1S/C14H18N4O3/c1-14(2)13(20)16-7-8-18(14)12(19)10-5-3-9(4-6-10)11(15)17-21/h3-6,21H,7-8H2,1-2H3,(H2,15,17)(H,16,20). The fraction of sp³-hybridized carbons (Fsp3) is 0.357. The molecule has 7 nitrogen and oxygen atoms in total. The Hall–Kier alpha value is -2.57. The van der Waals surface area contributed by atoms with E-state index in [9.17, 15) is 9.59 Å². The van der Waals surface area contributed by atoms with Gasteiger partial charge in [-0.15, -0.1) is 0 Å². The van der Waals surface area contributed by atoms with Gasteiger partial charge >= 0.3 is 0 Å². The number of nitrogens with two attached hydrogens (primary N) is 1. The molecule has 0 spiro atoms. The topological polar surface area (TPSA) is 108 Å². The number of benzene rings is 1. The van der Waals surface area contributed by atoms with Crippen molar-refractivity contribution in [2.45, 2.75) is 19.4 Å². The maximum atomic E-state index is 12.5. The predicted molar refractivity (Wildman–Crippen MR) is 77.1 cm³/mol. The molecule has 0 bridgehead atoms. The van der Waals surface area contributed by atoms with Crippen LogP contribution in [-0.2, 0) is 4.79 Å². The number of piperazine rings is 1. The van der Waals surface area contributed by atoms with E-state index in [0.29, 0.717) is 24.2 Å². The lowest BCUT2D eigenvalue weighted by Gasteiger charge is -2.41. The zero-order valence-corrected chi connectivity index (χ0v) is 12.0. The van der Waals surface area contributed by atoms with Crippen LogP contribution in [0.2, 0.25) is 0 Å². The SMILES string of the molecule is CC1(C)C(=O)NCCN1C(=O)c1ccc(C(N)=NO)cc1. The van der Waals surface area contributed by atoms with Gasteiger partial charge in [-0.1, -0.05) is 17.3 Å². The fourth-order valence-electron chi connectivity index (χ4n) is 2.25. The minimum atomic E-state index is -0.889. The van der Waals surface area contributed by atoms with Crippen LogP contribution in [0.15, 0.2) is 29.4 Å². The zero-order chi connectivity index (χ0) is 15.6. The van der Waals surface area contributed by atoms with Crippen molar-refractivity contribution in [3.63, 3.8) is 0 Å². The van der Waals surface area contributed by atoms with Gasteiger partial charge in [0, 0.05) is 24.2 Å². The minimum Gasteiger partial charge on any atom is -0.409 e. The van der Waals surface area contributed by atoms with Crippen molar-refractivity contribution in [3.8, 4) is 0 Å². The predicted octanol–water partition coefficient (Wildman–Crippen LogP) is 0.132. The normalized spacial score (nSPS) is 18.3. The lowest BCUT2D eigenvalue weighted by Crippen LogP contribution is -2.63. The van der Waals surface area contributed by atoms with Crippen molar-refractivity contribution in [1.82, 2.24) is 10.2 Å². The number of oxime groups is 1. The van der Waals surface area contributed by atoms with Gasteiger partial charge < -0.3 is 21.2 Å². The molecule has 112 valence electrons. The number of hydrogen-bond donors (Lipinski definition) is 3. The van der Waals surface area contributed by atoms with Crippen LogP contribution >= 0.6 is 0 Å². The zero-order valence-electron chi connectivity index (χ0n) is 12.0. The molecule has 1 heterocycles. The van der Waals surface area contributed by atoms with E-state index in [1.54, 1.807) is 43.0 Å². The van der Waals surface area contributed by atoms with Crippen molar-refractivity contribution in [2.24, 2.45) is 10.9 Å². The van der Waals surface area contributed by atoms with Crippen molar-refractivity contribution in [2.75, 3.05) is 13.1 Å². The second-order valence-electron chi connectivity index (χ2n) is 5.33. The Balaban J connectivity index is 2.25. The van der Waals surface area contributed by atoms with Gasteiger partial charge in [-0.2, -0.15) is 0 Å². The van der Waals surface area contributed by atoms with Crippen LogP contribution in [0, 0.1) is 0 Å². The Bertz CT molecular complexity index is 593. The second-order valence-corrected chi connectivity index (χ2v) is 5.33. The first-order chi connectivity index (χ1) is 9.87. The monoisotopic (exact) mass is 290 g/mol. The minimum absolute atomic E-state index is 0.0216. The molecule has 0 unspecified atom stereocenters. The Morgan fingerprint density at radius 2 is 1.90 bits per heavy atom. The van der Waals surface area contributed by atoms with Crippen LogP contribution in [0.1, 0.15) is 29.8 Å². The molecule has 0 atom stereocenters. The number of rotatable bonds is 2. The van der Waals surface area contributed by atoms with Crippen LogP contribution in [-0.4, -0.2) is 46.4 Å². The second kappa shape index (κ2) is 5.43. The van der Waals surface area contributed by atoms with Gasteiger partial charge in [0.25, 0.3) is 5.91 Å². The fourth-order valence-corrected chi connectivity index (χ4v) is 2.25. The first kappa shape index (κ1) is 14.8. The maximum absolute atomic E-state index is 12.5. The molecule has 4 N–H and O–H groups in total. The van der Waals surface area contributed by atoms with Gasteiger partial charge in [0.05, 0.1) is 0 Å². The van der Waals surface area contributed by atoms with Crippen molar-refractivity contribution in [3.05, 3.63) is 35.4 Å². The number of nitrogens with one attached hydrogen (secondary N) is 1. The van der Waals surface area contributed by atoms with E-state index >= 15 is 0 Å². The van der Waals surface area contributed by atoms with E-state index in [1.807, 2.05) is 0 Å². The molecule has 0 radical (unpaired) electrons. The number of hydrogen-bond acceptors (Lipinski definition) is 4. The first-order valence-corrected chi connectivity index (χ1v) is 6.56. The van der Waals surface area contributed by atoms with Gasteiger partial charge in [0.2, 0.25) is 5.91 Å². The van der Waals surface area contributed by atoms with E-state index < -0.39 is 5.54 Å². The average molecular weight is 290 g/mol. The maximum Gasteiger partial charge on any atom is 0.254 e. The smallest absolute Gasteiger partial charge is 0.254 e. The Labute approximate surface area is 122 Å². The van der Waals surface area contributed by atoms with E-state index in [2.05, 4.69) is 10.5 Å². The third-order valence-electron chi connectivity index (χ3n) is 3.63. The number of nitrogens with zero attached hydrogens (tertiary/aromatic N) is 2. The van der Waals surface area contributed by atoms with Crippen LogP contribution in [0.25, 0.3) is 0 Å². The summed E-state index contributed by atoms with van der Waals surface area (Å²) >= 11 is 0. The summed E-state index contributed by atoms with van der Waals surface area (Å²) in [5.74, 6) is -0.414. The summed E-state index contributed by atoms with van der Waals surface area (Å²) in [7, 11) is 0. The molecular formula is C14H18N4O3. The van der Waals surface area contributed by atoms with Crippen molar-refractivity contribution < 1.29 is 14.8 Å². The molecule has 0 saturated carbocycles. The molecule has 2 amide bonds. The largest absolute Gasteiger partial charge is 0.409 e. The third-order valence-corrected chi connectivity index (χ3v) is 3.63. The number of carbonyl (C=O) groups excluding carboxylic acids is 2. The molecule has 0 aliphatic carbocycles. The highest BCUT2D eigenvalue weighted by atomic mass is 16.4. The van der Waals surface area contributed by atoms with Gasteiger partial charge in [-0.25, -0.2) is 0 Å². The van der Waals surface area contributed by atoms with Gasteiger partial charge in [-0.3, -0.25) is 9.59 Å². The highest BCUT2D eigenvalue weighted by molar-refractivity contribution is 6.01. The summed E-state index contributed by atoms with van der Waals surface area (Å²) in [4.78, 5) is 26.0. The van der Waals surface area contributed by atoms with E-state index in [0.717, 1.165) is 0 Å². The summed E-state index contributed by atoms with van der Waals surface area (Å²) in [6.07, 6.45) is 0. The molecule has 1 aliphatic heterocycles. The molecule has 2 rings (SSSR count). The summed E-state index contributed by atoms with van der Waals surface area (Å²) in [6, 6.07) is 6.38. The van der Waals surface area contributed by atoms with E-state index in [4.69, 9.17) is 10.9 Å². The quantitative estimate of drug-likeness (QED) is 0.311. The Morgan fingerprint density at radius 1 is 1.33 bits per heavy atom.